The smallest absolute Gasteiger partial charge is 0.237 e. The maximum Gasteiger partial charge on any atom is 0.237 e. The van der Waals surface area contributed by atoms with Crippen LogP contribution >= 0.6 is 0 Å². The van der Waals surface area contributed by atoms with Crippen LogP contribution in [0.2, 0.25) is 0 Å². The number of aromatic nitrogens is 3. The highest BCUT2D eigenvalue weighted by atomic mass is 16.2. The number of rotatable bonds is 7. The van der Waals surface area contributed by atoms with Gasteiger partial charge in [0.2, 0.25) is 17.6 Å². The highest BCUT2D eigenvalue weighted by molar-refractivity contribution is 5.88. The summed E-state index contributed by atoms with van der Waals surface area (Å²) in [7, 11) is 0. The van der Waals surface area contributed by atoms with E-state index in [0.717, 1.165) is 18.8 Å². The van der Waals surface area contributed by atoms with Crippen molar-refractivity contribution in [1.82, 2.24) is 29.9 Å². The fourth-order valence-electron chi connectivity index (χ4n) is 4.48. The Labute approximate surface area is 171 Å². The standard InChI is InChI=1S/C21H30N6O2/c28-19(22-9-7-17-15-27-11-4-8-24-21(27)25-17)13-18-20(29)23-10-12-26(18)14-16-5-2-1-3-6-16/h4,8,11,15-16,18H,1-3,5-7,9-10,12-14H2,(H,22,28)(H,23,29). The first kappa shape index (κ1) is 19.8. The van der Waals surface area contributed by atoms with Gasteiger partial charge in [-0.1, -0.05) is 19.3 Å². The summed E-state index contributed by atoms with van der Waals surface area (Å²) >= 11 is 0. The first-order chi connectivity index (χ1) is 14.2. The monoisotopic (exact) mass is 398 g/mol. The second-order valence-corrected chi connectivity index (χ2v) is 8.17. The molecule has 2 fully saturated rings. The molecule has 1 saturated heterocycles. The lowest BCUT2D eigenvalue weighted by Crippen LogP contribution is -2.57. The van der Waals surface area contributed by atoms with Crippen LogP contribution in [0.25, 0.3) is 5.78 Å². The van der Waals surface area contributed by atoms with Crippen molar-refractivity contribution in [3.8, 4) is 0 Å². The molecule has 0 radical (unpaired) electrons. The molecule has 156 valence electrons. The van der Waals surface area contributed by atoms with Crippen molar-refractivity contribution in [2.75, 3.05) is 26.2 Å². The van der Waals surface area contributed by atoms with E-state index in [4.69, 9.17) is 0 Å². The number of carbonyl (C=O) groups excluding carboxylic acids is 2. The maximum atomic E-state index is 12.5. The molecular weight excluding hydrogens is 368 g/mol. The summed E-state index contributed by atoms with van der Waals surface area (Å²) in [5, 5.41) is 5.87. The number of imidazole rings is 1. The molecule has 2 amide bonds. The molecule has 2 N–H and O–H groups in total. The van der Waals surface area contributed by atoms with Gasteiger partial charge < -0.3 is 10.6 Å². The lowest BCUT2D eigenvalue weighted by atomic mass is 9.88. The van der Waals surface area contributed by atoms with Crippen molar-refractivity contribution in [3.05, 3.63) is 30.4 Å². The molecule has 2 aromatic heterocycles. The largest absolute Gasteiger partial charge is 0.356 e. The van der Waals surface area contributed by atoms with Gasteiger partial charge in [0.1, 0.15) is 0 Å². The van der Waals surface area contributed by atoms with E-state index >= 15 is 0 Å². The Balaban J connectivity index is 1.27. The predicted octanol–water partition coefficient (Wildman–Crippen LogP) is 1.16. The van der Waals surface area contributed by atoms with Crippen LogP contribution in [-0.4, -0.2) is 63.3 Å². The molecule has 2 aliphatic rings. The number of piperazine rings is 1. The number of nitrogens with zero attached hydrogens (tertiary/aromatic N) is 4. The van der Waals surface area contributed by atoms with Crippen molar-refractivity contribution in [1.29, 1.82) is 0 Å². The SMILES string of the molecule is O=C(CC1C(=O)NCCN1CC1CCCCC1)NCCc1cn2cccnc2n1. The molecule has 3 heterocycles. The molecule has 29 heavy (non-hydrogen) atoms. The van der Waals surface area contributed by atoms with Crippen LogP contribution in [0.15, 0.2) is 24.7 Å². The zero-order chi connectivity index (χ0) is 20.1. The van der Waals surface area contributed by atoms with Gasteiger partial charge in [0, 0.05) is 51.2 Å². The van der Waals surface area contributed by atoms with Crippen molar-refractivity contribution >= 4 is 17.6 Å². The van der Waals surface area contributed by atoms with Crippen LogP contribution in [0.5, 0.6) is 0 Å². The molecule has 1 saturated carbocycles. The molecule has 1 aliphatic heterocycles. The van der Waals surface area contributed by atoms with E-state index in [1.807, 2.05) is 22.9 Å². The number of carbonyl (C=O) groups is 2. The Bertz CT molecular complexity index is 812. The van der Waals surface area contributed by atoms with Crippen molar-refractivity contribution in [2.45, 2.75) is 51.0 Å². The first-order valence-corrected chi connectivity index (χ1v) is 10.8. The molecule has 4 rings (SSSR count). The van der Waals surface area contributed by atoms with Crippen molar-refractivity contribution < 1.29 is 9.59 Å². The van der Waals surface area contributed by atoms with Gasteiger partial charge in [-0.25, -0.2) is 9.97 Å². The van der Waals surface area contributed by atoms with Crippen LogP contribution < -0.4 is 10.6 Å². The van der Waals surface area contributed by atoms with Crippen molar-refractivity contribution in [3.63, 3.8) is 0 Å². The lowest BCUT2D eigenvalue weighted by Gasteiger charge is -2.37. The van der Waals surface area contributed by atoms with Gasteiger partial charge in [-0.3, -0.25) is 18.9 Å². The van der Waals surface area contributed by atoms with Gasteiger partial charge in [-0.2, -0.15) is 0 Å². The van der Waals surface area contributed by atoms with Gasteiger partial charge in [0.25, 0.3) is 0 Å². The predicted molar refractivity (Wildman–Crippen MR) is 109 cm³/mol. The van der Waals surface area contributed by atoms with E-state index in [-0.39, 0.29) is 24.3 Å². The highest BCUT2D eigenvalue weighted by Gasteiger charge is 2.33. The van der Waals surface area contributed by atoms with Crippen LogP contribution in [-0.2, 0) is 16.0 Å². The molecule has 8 heteroatoms. The van der Waals surface area contributed by atoms with Gasteiger partial charge in [-0.15, -0.1) is 0 Å². The summed E-state index contributed by atoms with van der Waals surface area (Å²) in [5.41, 5.74) is 0.887. The van der Waals surface area contributed by atoms with Crippen LogP contribution in [0.3, 0.4) is 0 Å². The van der Waals surface area contributed by atoms with E-state index in [9.17, 15) is 9.59 Å². The molecule has 1 unspecified atom stereocenters. The second kappa shape index (κ2) is 9.35. The summed E-state index contributed by atoms with van der Waals surface area (Å²) in [4.78, 5) is 35.8. The molecule has 0 spiro atoms. The summed E-state index contributed by atoms with van der Waals surface area (Å²) < 4.78 is 1.87. The Morgan fingerprint density at radius 3 is 2.97 bits per heavy atom. The number of nitrogens with one attached hydrogen (secondary N) is 2. The average Bonchev–Trinajstić information content (AvgIpc) is 3.14. The van der Waals surface area contributed by atoms with Crippen molar-refractivity contribution in [2.24, 2.45) is 5.92 Å². The Morgan fingerprint density at radius 2 is 2.14 bits per heavy atom. The summed E-state index contributed by atoms with van der Waals surface area (Å²) in [6.45, 7) is 2.93. The van der Waals surface area contributed by atoms with Crippen LogP contribution in [0, 0.1) is 5.92 Å². The minimum absolute atomic E-state index is 0.0198. The van der Waals surface area contributed by atoms with E-state index in [0.29, 0.717) is 31.2 Å². The minimum atomic E-state index is -0.356. The Kier molecular flexibility index (Phi) is 6.39. The highest BCUT2D eigenvalue weighted by Crippen LogP contribution is 2.25. The van der Waals surface area contributed by atoms with Gasteiger partial charge in [0.15, 0.2) is 0 Å². The molecule has 1 aliphatic carbocycles. The minimum Gasteiger partial charge on any atom is -0.356 e. The normalized spacial score (nSPS) is 21.2. The number of hydrogen-bond donors (Lipinski definition) is 2. The molecule has 0 aromatic carbocycles. The average molecular weight is 399 g/mol. The third kappa shape index (κ3) is 5.12. The van der Waals surface area contributed by atoms with E-state index in [1.165, 1.54) is 32.1 Å². The molecule has 0 bridgehead atoms. The zero-order valence-corrected chi connectivity index (χ0v) is 16.8. The van der Waals surface area contributed by atoms with Gasteiger partial charge in [0.05, 0.1) is 18.2 Å². The topological polar surface area (TPSA) is 91.6 Å². The fourth-order valence-corrected chi connectivity index (χ4v) is 4.48. The third-order valence-corrected chi connectivity index (χ3v) is 6.03. The number of amides is 2. The van der Waals surface area contributed by atoms with E-state index in [1.54, 1.807) is 6.20 Å². The number of fused-ring (bicyclic) bond motifs is 1. The Hall–Kier alpha value is -2.48. The van der Waals surface area contributed by atoms with Gasteiger partial charge in [-0.05, 0) is 24.8 Å². The van der Waals surface area contributed by atoms with E-state index in [2.05, 4.69) is 25.5 Å². The molecule has 2 aromatic rings. The third-order valence-electron chi connectivity index (χ3n) is 6.03. The Morgan fingerprint density at radius 1 is 1.28 bits per heavy atom. The van der Waals surface area contributed by atoms with Crippen LogP contribution in [0.1, 0.15) is 44.2 Å². The number of hydrogen-bond acceptors (Lipinski definition) is 5. The summed E-state index contributed by atoms with van der Waals surface area (Å²) in [6.07, 6.45) is 12.8. The molecular formula is C21H30N6O2. The first-order valence-electron chi connectivity index (χ1n) is 10.8. The lowest BCUT2D eigenvalue weighted by molar-refractivity contribution is -0.134. The molecule has 1 atom stereocenters. The van der Waals surface area contributed by atoms with Gasteiger partial charge >= 0.3 is 0 Å². The second-order valence-electron chi connectivity index (χ2n) is 8.17. The quantitative estimate of drug-likeness (QED) is 0.730. The fraction of sp³-hybridized carbons (Fsp3) is 0.619. The maximum absolute atomic E-state index is 12.5. The molecule has 8 nitrogen and oxygen atoms in total. The summed E-state index contributed by atoms with van der Waals surface area (Å²) in [5.74, 6) is 1.21. The van der Waals surface area contributed by atoms with E-state index < -0.39 is 0 Å². The summed E-state index contributed by atoms with van der Waals surface area (Å²) in [6, 6.07) is 1.50. The zero-order valence-electron chi connectivity index (χ0n) is 16.8. The van der Waals surface area contributed by atoms with Crippen LogP contribution in [0.4, 0.5) is 0 Å².